The molecule has 6 heteroatoms. The van der Waals surface area contributed by atoms with Crippen LogP contribution < -0.4 is 10.2 Å². The lowest BCUT2D eigenvalue weighted by atomic mass is 10.2. The van der Waals surface area contributed by atoms with Crippen molar-refractivity contribution < 1.29 is 29.3 Å². The first-order chi connectivity index (χ1) is 6.47. The molecule has 0 rings (SSSR count). The van der Waals surface area contributed by atoms with E-state index in [0.29, 0.717) is 6.08 Å². The zero-order valence-corrected chi connectivity index (χ0v) is 7.44. The summed E-state index contributed by atoms with van der Waals surface area (Å²) >= 11 is 0. The summed E-state index contributed by atoms with van der Waals surface area (Å²) in [6.07, 6.45) is -0.324. The molecular formula is C8H8O6-2. The number of hydrogen-bond acceptors (Lipinski definition) is 6. The van der Waals surface area contributed by atoms with Crippen molar-refractivity contribution >= 4 is 17.9 Å². The van der Waals surface area contributed by atoms with Gasteiger partial charge in [-0.25, -0.2) is 4.79 Å². The van der Waals surface area contributed by atoms with E-state index in [2.05, 4.69) is 4.74 Å². The second-order valence-electron chi connectivity index (χ2n) is 2.26. The third-order valence-corrected chi connectivity index (χ3v) is 1.18. The van der Waals surface area contributed by atoms with Crippen LogP contribution in [0.4, 0.5) is 0 Å². The predicted octanol–water partition coefficient (Wildman–Crippen LogP) is -2.63. The van der Waals surface area contributed by atoms with E-state index < -0.39 is 29.9 Å². The highest BCUT2D eigenvalue weighted by molar-refractivity contribution is 5.97. The number of aliphatic carboxylic acids is 2. The molecule has 0 spiro atoms. The Morgan fingerprint density at radius 3 is 2.21 bits per heavy atom. The Hall–Kier alpha value is -1.85. The van der Waals surface area contributed by atoms with Crippen molar-refractivity contribution in [1.82, 2.24) is 0 Å². The Bertz CT molecular complexity index is 278. The summed E-state index contributed by atoms with van der Waals surface area (Å²) in [5, 5.41) is 20.4. The maximum absolute atomic E-state index is 10.7. The van der Waals surface area contributed by atoms with E-state index in [1.54, 1.807) is 0 Å². The molecule has 0 aromatic heterocycles. The highest BCUT2D eigenvalue weighted by atomic mass is 16.5. The van der Waals surface area contributed by atoms with Crippen LogP contribution in [0, 0.1) is 0 Å². The highest BCUT2D eigenvalue weighted by Gasteiger charge is 2.04. The number of ether oxygens (including phenoxy) is 1. The van der Waals surface area contributed by atoms with Gasteiger partial charge >= 0.3 is 5.97 Å². The van der Waals surface area contributed by atoms with E-state index in [1.807, 2.05) is 0 Å². The monoisotopic (exact) mass is 200 g/mol. The molecule has 0 aromatic carbocycles. The molecule has 6 nitrogen and oxygen atoms in total. The molecule has 0 aliphatic carbocycles. The molecule has 0 saturated heterocycles. The van der Waals surface area contributed by atoms with Crippen LogP contribution in [0.3, 0.4) is 0 Å². The van der Waals surface area contributed by atoms with Crippen LogP contribution >= 0.6 is 0 Å². The third-order valence-electron chi connectivity index (χ3n) is 1.18. The first-order valence-electron chi connectivity index (χ1n) is 3.75. The van der Waals surface area contributed by atoms with E-state index in [-0.39, 0.29) is 6.61 Å². The molecule has 0 radical (unpaired) electrons. The fraction of sp³-hybridized carbons (Fsp3) is 0.375. The zero-order valence-electron chi connectivity index (χ0n) is 7.44. The number of carbonyl (C=O) groups excluding carboxylic acids is 3. The van der Waals surface area contributed by atoms with Crippen LogP contribution in [0.2, 0.25) is 0 Å². The number of carboxylic acid groups (broad SMARTS) is 2. The van der Waals surface area contributed by atoms with Crippen LogP contribution in [0.1, 0.15) is 13.3 Å². The van der Waals surface area contributed by atoms with Gasteiger partial charge in [-0.15, -0.1) is 0 Å². The van der Waals surface area contributed by atoms with Gasteiger partial charge in [0.15, 0.2) is 0 Å². The lowest BCUT2D eigenvalue weighted by Crippen LogP contribution is -2.31. The number of rotatable bonds is 5. The summed E-state index contributed by atoms with van der Waals surface area (Å²) in [5.74, 6) is -4.26. The summed E-state index contributed by atoms with van der Waals surface area (Å²) in [6, 6.07) is 0. The second-order valence-corrected chi connectivity index (χ2v) is 2.26. The summed E-state index contributed by atoms with van der Waals surface area (Å²) < 4.78 is 4.38. The van der Waals surface area contributed by atoms with Crippen LogP contribution in [-0.4, -0.2) is 24.5 Å². The summed E-state index contributed by atoms with van der Waals surface area (Å²) in [7, 11) is 0. The van der Waals surface area contributed by atoms with Crippen molar-refractivity contribution in [3.05, 3.63) is 11.6 Å². The minimum Gasteiger partial charge on any atom is -0.550 e. The topological polar surface area (TPSA) is 107 Å². The van der Waals surface area contributed by atoms with Crippen molar-refractivity contribution in [2.45, 2.75) is 13.3 Å². The molecule has 0 N–H and O–H groups in total. The predicted molar refractivity (Wildman–Crippen MR) is 39.3 cm³/mol. The van der Waals surface area contributed by atoms with Crippen molar-refractivity contribution in [3.8, 4) is 0 Å². The normalized spacial score (nSPS) is 10.8. The van der Waals surface area contributed by atoms with Crippen LogP contribution in [0.5, 0.6) is 0 Å². The lowest BCUT2D eigenvalue weighted by molar-refractivity contribution is -0.309. The Morgan fingerprint density at radius 1 is 1.29 bits per heavy atom. The fourth-order valence-electron chi connectivity index (χ4n) is 0.664. The first-order valence-corrected chi connectivity index (χ1v) is 3.75. The molecule has 0 amide bonds. The second kappa shape index (κ2) is 5.74. The quantitative estimate of drug-likeness (QED) is 0.355. The zero-order chi connectivity index (χ0) is 11.1. The molecular weight excluding hydrogens is 192 g/mol. The Kier molecular flexibility index (Phi) is 4.98. The van der Waals surface area contributed by atoms with Gasteiger partial charge in [0, 0.05) is 18.5 Å². The number of carbonyl (C=O) groups is 3. The summed E-state index contributed by atoms with van der Waals surface area (Å²) in [6.45, 7) is 1.60. The van der Waals surface area contributed by atoms with Gasteiger partial charge < -0.3 is 24.5 Å². The van der Waals surface area contributed by atoms with Crippen molar-refractivity contribution in [1.29, 1.82) is 0 Å². The van der Waals surface area contributed by atoms with E-state index in [9.17, 15) is 24.6 Å². The van der Waals surface area contributed by atoms with Gasteiger partial charge in [-0.3, -0.25) is 0 Å². The van der Waals surface area contributed by atoms with Crippen molar-refractivity contribution in [2.24, 2.45) is 0 Å². The van der Waals surface area contributed by atoms with Crippen LogP contribution in [-0.2, 0) is 19.1 Å². The molecule has 14 heavy (non-hydrogen) atoms. The minimum atomic E-state index is -1.73. The van der Waals surface area contributed by atoms with Gasteiger partial charge in [-0.2, -0.15) is 0 Å². The molecule has 0 fully saturated rings. The minimum absolute atomic E-state index is 0.0704. The maximum atomic E-state index is 10.7. The first kappa shape index (κ1) is 12.2. The standard InChI is InChI=1S/C8H10O6/c1-2-14-7(11)4-5(8(12)13)3-6(9)10/h4H,2-3H2,1H3,(H,9,10)(H,12,13)/p-2. The average Bonchev–Trinajstić information content (AvgIpc) is 2.02. The Balaban J connectivity index is 4.55. The molecule has 78 valence electrons. The SMILES string of the molecule is CCOC(=O)C=C(CC(=O)[O-])C(=O)[O-]. The number of hydrogen-bond donors (Lipinski definition) is 0. The van der Waals surface area contributed by atoms with Crippen molar-refractivity contribution in [3.63, 3.8) is 0 Å². The Labute approximate surface area is 79.8 Å². The van der Waals surface area contributed by atoms with E-state index in [1.165, 1.54) is 6.92 Å². The molecule has 0 heterocycles. The molecule has 0 aromatic rings. The molecule has 0 bridgehead atoms. The maximum Gasteiger partial charge on any atom is 0.331 e. The smallest absolute Gasteiger partial charge is 0.331 e. The third kappa shape index (κ3) is 4.91. The summed E-state index contributed by atoms with van der Waals surface area (Å²) in [5.41, 5.74) is -0.677. The van der Waals surface area contributed by atoms with Gasteiger partial charge in [0.25, 0.3) is 0 Å². The van der Waals surface area contributed by atoms with Crippen molar-refractivity contribution in [2.75, 3.05) is 6.61 Å². The van der Waals surface area contributed by atoms with Gasteiger partial charge in [-0.1, -0.05) is 0 Å². The van der Waals surface area contributed by atoms with Crippen LogP contribution in [0.15, 0.2) is 11.6 Å². The number of esters is 1. The van der Waals surface area contributed by atoms with Gasteiger partial charge in [0.1, 0.15) is 0 Å². The van der Waals surface area contributed by atoms with Gasteiger partial charge in [-0.05, 0) is 12.5 Å². The average molecular weight is 200 g/mol. The molecule has 0 unspecified atom stereocenters. The largest absolute Gasteiger partial charge is 0.550 e. The molecule has 0 saturated carbocycles. The van der Waals surface area contributed by atoms with Gasteiger partial charge in [0.05, 0.1) is 12.6 Å². The van der Waals surface area contributed by atoms with Crippen LogP contribution in [0.25, 0.3) is 0 Å². The van der Waals surface area contributed by atoms with E-state index >= 15 is 0 Å². The number of carboxylic acids is 2. The highest BCUT2D eigenvalue weighted by Crippen LogP contribution is 1.99. The van der Waals surface area contributed by atoms with E-state index in [0.717, 1.165) is 0 Å². The summed E-state index contributed by atoms with van der Waals surface area (Å²) in [4.78, 5) is 31.1. The molecule has 0 aliphatic rings. The molecule has 0 atom stereocenters. The lowest BCUT2D eigenvalue weighted by Gasteiger charge is -2.08. The van der Waals surface area contributed by atoms with Gasteiger partial charge in [0.2, 0.25) is 0 Å². The fourth-order valence-corrected chi connectivity index (χ4v) is 0.664. The van der Waals surface area contributed by atoms with E-state index in [4.69, 9.17) is 0 Å². The Morgan fingerprint density at radius 2 is 1.86 bits per heavy atom. The molecule has 0 aliphatic heterocycles.